The Morgan fingerprint density at radius 2 is 1.78 bits per heavy atom. The van der Waals surface area contributed by atoms with Crippen molar-refractivity contribution in [3.8, 4) is 23.2 Å². The second kappa shape index (κ2) is 13.1. The molecule has 0 spiro atoms. The number of likely N-dealkylation sites (tertiary alicyclic amines) is 1. The first kappa shape index (κ1) is 33.1. The average Bonchev–Trinajstić information content (AvgIpc) is 3.43. The maximum atomic E-state index is 17.5. The van der Waals surface area contributed by atoms with Crippen LogP contribution >= 0.6 is 11.3 Å². The zero-order valence-corrected chi connectivity index (χ0v) is 29.2. The van der Waals surface area contributed by atoms with Crippen LogP contribution in [0, 0.1) is 28.4 Å². The summed E-state index contributed by atoms with van der Waals surface area (Å²) in [6.45, 7) is 7.39. The van der Waals surface area contributed by atoms with Gasteiger partial charge in [-0.15, -0.1) is 11.3 Å². The fourth-order valence-corrected chi connectivity index (χ4v) is 9.76. The Morgan fingerprint density at radius 3 is 2.51 bits per heavy atom. The van der Waals surface area contributed by atoms with E-state index in [-0.39, 0.29) is 70.5 Å². The first-order valence-electron chi connectivity index (χ1n) is 18.0. The Kier molecular flexibility index (Phi) is 8.48. The highest BCUT2D eigenvalue weighted by molar-refractivity contribution is 7.23. The number of nitrogens with zero attached hydrogens (tertiary/aromatic N) is 6. The molecule has 3 N–H and O–H groups in total. The second-order valence-electron chi connectivity index (χ2n) is 14.7. The number of rotatable bonds is 10. The lowest BCUT2D eigenvalue weighted by Gasteiger charge is -2.42. The maximum Gasteiger partial charge on any atom is 0.319 e. The molecule has 1 saturated carbocycles. The number of thiophene rings is 1. The summed E-state index contributed by atoms with van der Waals surface area (Å²) in [6.07, 6.45) is 4.71. The topological polar surface area (TPSA) is 133 Å². The number of benzene rings is 2. The van der Waals surface area contributed by atoms with Crippen molar-refractivity contribution in [3.05, 3.63) is 40.5 Å². The van der Waals surface area contributed by atoms with Gasteiger partial charge in [-0.2, -0.15) is 15.2 Å². The highest BCUT2D eigenvalue weighted by atomic mass is 32.1. The van der Waals surface area contributed by atoms with Crippen LogP contribution in [-0.4, -0.2) is 103 Å². The molecule has 268 valence electrons. The van der Waals surface area contributed by atoms with Crippen molar-refractivity contribution < 1.29 is 28.1 Å². The van der Waals surface area contributed by atoms with E-state index < -0.39 is 11.6 Å². The molecule has 5 aliphatic rings. The van der Waals surface area contributed by atoms with E-state index in [4.69, 9.17) is 29.9 Å². The van der Waals surface area contributed by atoms with E-state index >= 15 is 8.78 Å². The number of ether oxygens (including phenoxy) is 3. The molecule has 14 heteroatoms. The minimum Gasteiger partial charge on any atom is -0.463 e. The number of nitrogens with two attached hydrogens (primary N) is 1. The number of hydrogen-bond acceptors (Lipinski definition) is 12. The number of nitriles is 1. The SMILES string of the molecule is N#Cc1c(N)sc2ccc(F)c(-c3c4c(c5c(N6C7CCC6CN(CCCO)C7)nc(OCC6(CN7CCOCC7)CC6)nc5c3F)COC4)c12. The summed E-state index contributed by atoms with van der Waals surface area (Å²) in [7, 11) is 0. The van der Waals surface area contributed by atoms with Crippen molar-refractivity contribution in [2.75, 3.05) is 76.3 Å². The van der Waals surface area contributed by atoms with Crippen molar-refractivity contribution in [1.29, 1.82) is 5.26 Å². The number of aromatic nitrogens is 2. The van der Waals surface area contributed by atoms with Gasteiger partial charge >= 0.3 is 6.01 Å². The van der Waals surface area contributed by atoms with Crippen LogP contribution in [0.3, 0.4) is 0 Å². The molecule has 2 aromatic carbocycles. The summed E-state index contributed by atoms with van der Waals surface area (Å²) < 4.78 is 52.2. The molecule has 0 radical (unpaired) electrons. The third-order valence-corrected chi connectivity index (χ3v) is 12.5. The van der Waals surface area contributed by atoms with Gasteiger partial charge in [0, 0.05) is 84.6 Å². The number of piperazine rings is 1. The van der Waals surface area contributed by atoms with Crippen molar-refractivity contribution in [1.82, 2.24) is 19.8 Å². The Bertz CT molecular complexity index is 2050. The molecule has 2 atom stereocenters. The van der Waals surface area contributed by atoms with Crippen LogP contribution in [0.25, 0.3) is 32.1 Å². The number of halogens is 2. The van der Waals surface area contributed by atoms with E-state index in [9.17, 15) is 10.4 Å². The lowest BCUT2D eigenvalue weighted by Crippen LogP contribution is -2.54. The molecule has 4 aromatic rings. The predicted octanol–water partition coefficient (Wildman–Crippen LogP) is 4.80. The molecule has 9 rings (SSSR count). The highest BCUT2D eigenvalue weighted by Gasteiger charge is 2.46. The Labute approximate surface area is 298 Å². The first-order chi connectivity index (χ1) is 24.9. The summed E-state index contributed by atoms with van der Waals surface area (Å²) in [5.41, 5.74) is 7.71. The Balaban J connectivity index is 1.19. The largest absolute Gasteiger partial charge is 0.463 e. The van der Waals surface area contributed by atoms with E-state index in [1.807, 2.05) is 0 Å². The normalized spacial score (nSPS) is 22.9. The number of anilines is 2. The molecule has 2 aromatic heterocycles. The van der Waals surface area contributed by atoms with Gasteiger partial charge in [0.1, 0.15) is 28.2 Å². The smallest absolute Gasteiger partial charge is 0.319 e. The van der Waals surface area contributed by atoms with E-state index in [0.29, 0.717) is 39.9 Å². The average molecular weight is 718 g/mol. The molecular formula is C37H41F2N7O4S. The molecule has 11 nitrogen and oxygen atoms in total. The molecule has 51 heavy (non-hydrogen) atoms. The molecular weight excluding hydrogens is 677 g/mol. The van der Waals surface area contributed by atoms with Crippen LogP contribution < -0.4 is 15.4 Å². The van der Waals surface area contributed by atoms with Crippen molar-refractivity contribution in [2.24, 2.45) is 5.41 Å². The van der Waals surface area contributed by atoms with Crippen LogP contribution in [0.4, 0.5) is 19.6 Å². The van der Waals surface area contributed by atoms with Gasteiger partial charge in [-0.25, -0.2) is 8.78 Å². The summed E-state index contributed by atoms with van der Waals surface area (Å²) in [5.74, 6) is -0.706. The number of fused-ring (bicyclic) bond motifs is 6. The molecule has 3 saturated heterocycles. The minimum atomic E-state index is -0.689. The standard InChI is InChI=1S/C37H41F2N7O4S/c38-26-4-5-27-28(23(14-40)34(41)51-27)31(26)29-24-17-49-18-25(24)30-33(32(29)39)42-36(50-20-37(6-7-37)19-44-9-12-48-13-10-44)43-35(30)46-21-2-3-22(46)16-45(15-21)8-1-11-47/h4-5,21-22,47H,1-3,6-13,15-20,41H2. The van der Waals surface area contributed by atoms with Gasteiger partial charge in [0.25, 0.3) is 0 Å². The summed E-state index contributed by atoms with van der Waals surface area (Å²) >= 11 is 1.18. The maximum absolute atomic E-state index is 17.5. The van der Waals surface area contributed by atoms with Crippen LogP contribution in [0.15, 0.2) is 12.1 Å². The Hall–Kier alpha value is -3.71. The van der Waals surface area contributed by atoms with Crippen LogP contribution in [0.1, 0.15) is 48.8 Å². The number of hydrogen-bond donors (Lipinski definition) is 2. The van der Waals surface area contributed by atoms with Crippen molar-refractivity contribution in [3.63, 3.8) is 0 Å². The summed E-state index contributed by atoms with van der Waals surface area (Å²) in [5, 5.41) is 20.7. The van der Waals surface area contributed by atoms with Crippen LogP contribution in [0.5, 0.6) is 6.01 Å². The quantitative estimate of drug-likeness (QED) is 0.235. The number of aliphatic hydroxyl groups excluding tert-OH is 1. The van der Waals surface area contributed by atoms with E-state index in [0.717, 1.165) is 83.7 Å². The molecule has 2 bridgehead atoms. The molecule has 6 heterocycles. The third-order valence-electron chi connectivity index (χ3n) is 11.5. The van der Waals surface area contributed by atoms with Gasteiger partial charge in [0.15, 0.2) is 5.82 Å². The first-order valence-corrected chi connectivity index (χ1v) is 18.8. The van der Waals surface area contributed by atoms with E-state index in [2.05, 4.69) is 20.8 Å². The van der Waals surface area contributed by atoms with Gasteiger partial charge in [-0.3, -0.25) is 9.80 Å². The lowest BCUT2D eigenvalue weighted by atomic mass is 9.90. The summed E-state index contributed by atoms with van der Waals surface area (Å²) in [4.78, 5) is 17.0. The van der Waals surface area contributed by atoms with Crippen molar-refractivity contribution >= 4 is 43.1 Å². The van der Waals surface area contributed by atoms with Gasteiger partial charge < -0.3 is 30.0 Å². The molecule has 0 amide bonds. The van der Waals surface area contributed by atoms with Gasteiger partial charge in [-0.05, 0) is 55.4 Å². The molecule has 4 aliphatic heterocycles. The number of nitrogen functional groups attached to an aromatic ring is 1. The van der Waals surface area contributed by atoms with Crippen LogP contribution in [0.2, 0.25) is 0 Å². The van der Waals surface area contributed by atoms with Crippen molar-refractivity contribution in [2.45, 2.75) is 57.4 Å². The lowest BCUT2D eigenvalue weighted by molar-refractivity contribution is 0.0231. The Morgan fingerprint density at radius 1 is 1.02 bits per heavy atom. The molecule has 4 fully saturated rings. The van der Waals surface area contributed by atoms with Crippen LogP contribution in [-0.2, 0) is 22.7 Å². The number of aliphatic hydroxyl groups is 1. The van der Waals surface area contributed by atoms with Gasteiger partial charge in [-0.1, -0.05) is 0 Å². The summed E-state index contributed by atoms with van der Waals surface area (Å²) in [6, 6.07) is 5.40. The van der Waals surface area contributed by atoms with Gasteiger partial charge in [0.2, 0.25) is 0 Å². The molecule has 1 aliphatic carbocycles. The highest BCUT2D eigenvalue weighted by Crippen LogP contribution is 2.50. The fourth-order valence-electron chi connectivity index (χ4n) is 8.83. The number of morpholine rings is 1. The van der Waals surface area contributed by atoms with E-state index in [1.54, 1.807) is 6.07 Å². The zero-order valence-electron chi connectivity index (χ0n) is 28.4. The second-order valence-corrected chi connectivity index (χ2v) is 15.8. The van der Waals surface area contributed by atoms with E-state index in [1.165, 1.54) is 17.4 Å². The molecule has 2 unspecified atom stereocenters. The van der Waals surface area contributed by atoms with Gasteiger partial charge in [0.05, 0.1) is 44.0 Å². The monoisotopic (exact) mass is 717 g/mol. The fraction of sp³-hybridized carbons (Fsp3) is 0.541. The third kappa shape index (κ3) is 5.69. The minimum absolute atomic E-state index is 0.000733. The predicted molar refractivity (Wildman–Crippen MR) is 190 cm³/mol. The zero-order chi connectivity index (χ0) is 34.9.